The molecule has 3 nitrogen and oxygen atoms in total. The Bertz CT molecular complexity index is 514. The lowest BCUT2D eigenvalue weighted by molar-refractivity contribution is 0.440. The van der Waals surface area contributed by atoms with Gasteiger partial charge in [0.05, 0.1) is 20.9 Å². The molecule has 72 valence electrons. The number of halogens is 2. The standard InChI is InChI=1S/C9H5Cl2NO2/c10-4-1-2-5-8(9(4)11)6(13)3-7(14)12-5/h1-3H,(H2,12,13,14). The summed E-state index contributed by atoms with van der Waals surface area (Å²) in [5, 5.41) is 19.5. The van der Waals surface area contributed by atoms with Gasteiger partial charge in [0.15, 0.2) is 0 Å². The summed E-state index contributed by atoms with van der Waals surface area (Å²) >= 11 is 11.6. The van der Waals surface area contributed by atoms with E-state index in [9.17, 15) is 5.11 Å². The maximum absolute atomic E-state index is 9.51. The maximum atomic E-state index is 9.51. The number of rotatable bonds is 0. The molecule has 0 radical (unpaired) electrons. The molecule has 2 rings (SSSR count). The van der Waals surface area contributed by atoms with Crippen LogP contribution in [0.25, 0.3) is 10.9 Å². The van der Waals surface area contributed by atoms with E-state index in [4.69, 9.17) is 28.3 Å². The predicted molar refractivity (Wildman–Crippen MR) is 55.1 cm³/mol. The van der Waals surface area contributed by atoms with Crippen molar-refractivity contribution in [2.75, 3.05) is 0 Å². The molecule has 1 aromatic heterocycles. The molecule has 0 fully saturated rings. The zero-order valence-electron chi connectivity index (χ0n) is 6.83. The monoisotopic (exact) mass is 229 g/mol. The van der Waals surface area contributed by atoms with Crippen LogP contribution in [-0.4, -0.2) is 15.2 Å². The summed E-state index contributed by atoms with van der Waals surface area (Å²) in [6.07, 6.45) is 0. The number of pyridine rings is 1. The highest BCUT2D eigenvalue weighted by atomic mass is 35.5. The van der Waals surface area contributed by atoms with E-state index in [0.717, 1.165) is 6.07 Å². The van der Waals surface area contributed by atoms with Crippen LogP contribution in [0.1, 0.15) is 0 Å². The average molecular weight is 230 g/mol. The number of aromatic nitrogens is 1. The Morgan fingerprint density at radius 2 is 1.86 bits per heavy atom. The van der Waals surface area contributed by atoms with Gasteiger partial charge in [-0.2, -0.15) is 0 Å². The minimum Gasteiger partial charge on any atom is -0.507 e. The van der Waals surface area contributed by atoms with Gasteiger partial charge in [-0.1, -0.05) is 23.2 Å². The van der Waals surface area contributed by atoms with Gasteiger partial charge in [-0.3, -0.25) is 0 Å². The summed E-state index contributed by atoms with van der Waals surface area (Å²) in [7, 11) is 0. The lowest BCUT2D eigenvalue weighted by Gasteiger charge is -2.04. The van der Waals surface area contributed by atoms with Crippen molar-refractivity contribution < 1.29 is 10.2 Å². The molecule has 1 aromatic carbocycles. The molecule has 0 saturated heterocycles. The highest BCUT2D eigenvalue weighted by Gasteiger charge is 2.10. The Morgan fingerprint density at radius 1 is 1.14 bits per heavy atom. The topological polar surface area (TPSA) is 53.4 Å². The van der Waals surface area contributed by atoms with E-state index in [1.807, 2.05) is 0 Å². The van der Waals surface area contributed by atoms with Crippen LogP contribution in [0.2, 0.25) is 10.0 Å². The fourth-order valence-electron chi connectivity index (χ4n) is 1.23. The molecular weight excluding hydrogens is 225 g/mol. The van der Waals surface area contributed by atoms with Crippen LogP contribution < -0.4 is 0 Å². The molecule has 14 heavy (non-hydrogen) atoms. The van der Waals surface area contributed by atoms with Crippen LogP contribution in [0, 0.1) is 0 Å². The molecule has 0 spiro atoms. The van der Waals surface area contributed by atoms with Crippen molar-refractivity contribution >= 4 is 34.1 Å². The van der Waals surface area contributed by atoms with Gasteiger partial charge in [0.1, 0.15) is 5.75 Å². The van der Waals surface area contributed by atoms with Crippen LogP contribution in [0.3, 0.4) is 0 Å². The molecule has 0 atom stereocenters. The summed E-state index contributed by atoms with van der Waals surface area (Å²) in [6, 6.07) is 4.24. The third-order valence-corrected chi connectivity index (χ3v) is 2.63. The molecule has 0 aliphatic rings. The molecule has 0 bridgehead atoms. The van der Waals surface area contributed by atoms with Gasteiger partial charge >= 0.3 is 0 Å². The average Bonchev–Trinajstić information content (AvgIpc) is 2.10. The van der Waals surface area contributed by atoms with Gasteiger partial charge in [0.25, 0.3) is 0 Å². The summed E-state index contributed by atoms with van der Waals surface area (Å²) in [6.45, 7) is 0. The number of hydrogen-bond donors (Lipinski definition) is 2. The Labute approximate surface area is 89.5 Å². The fraction of sp³-hybridized carbons (Fsp3) is 0. The van der Waals surface area contributed by atoms with E-state index in [2.05, 4.69) is 4.98 Å². The molecule has 2 N–H and O–H groups in total. The summed E-state index contributed by atoms with van der Waals surface area (Å²) in [5.41, 5.74) is 0.400. The second-order valence-electron chi connectivity index (χ2n) is 2.76. The van der Waals surface area contributed by atoms with Crippen molar-refractivity contribution in [2.24, 2.45) is 0 Å². The molecule has 0 amide bonds. The predicted octanol–water partition coefficient (Wildman–Crippen LogP) is 2.95. The number of hydrogen-bond acceptors (Lipinski definition) is 3. The van der Waals surface area contributed by atoms with Crippen LogP contribution in [0.4, 0.5) is 0 Å². The number of benzene rings is 1. The van der Waals surface area contributed by atoms with Gasteiger partial charge in [-0.05, 0) is 12.1 Å². The molecule has 0 aliphatic heterocycles. The van der Waals surface area contributed by atoms with E-state index in [1.165, 1.54) is 0 Å². The Balaban J connectivity index is 2.95. The minimum atomic E-state index is -0.256. The van der Waals surface area contributed by atoms with Gasteiger partial charge in [-0.25, -0.2) is 4.98 Å². The van der Waals surface area contributed by atoms with Crippen LogP contribution in [-0.2, 0) is 0 Å². The quantitative estimate of drug-likeness (QED) is 0.731. The van der Waals surface area contributed by atoms with Crippen molar-refractivity contribution in [1.82, 2.24) is 4.98 Å². The number of aromatic hydroxyl groups is 2. The van der Waals surface area contributed by atoms with Crippen LogP contribution in [0.5, 0.6) is 11.6 Å². The first-order chi connectivity index (χ1) is 6.59. The Kier molecular flexibility index (Phi) is 2.13. The molecular formula is C9H5Cl2NO2. The van der Waals surface area contributed by atoms with E-state index >= 15 is 0 Å². The lowest BCUT2D eigenvalue weighted by Crippen LogP contribution is -1.82. The zero-order valence-corrected chi connectivity index (χ0v) is 8.34. The van der Waals surface area contributed by atoms with Crippen molar-refractivity contribution in [3.05, 3.63) is 28.2 Å². The Morgan fingerprint density at radius 3 is 2.57 bits per heavy atom. The minimum absolute atomic E-state index is 0.139. The van der Waals surface area contributed by atoms with E-state index in [-0.39, 0.29) is 16.7 Å². The Hall–Kier alpha value is -1.19. The highest BCUT2D eigenvalue weighted by molar-refractivity contribution is 6.45. The second-order valence-corrected chi connectivity index (χ2v) is 3.54. The van der Waals surface area contributed by atoms with Crippen molar-refractivity contribution in [2.45, 2.75) is 0 Å². The largest absolute Gasteiger partial charge is 0.507 e. The fourth-order valence-corrected chi connectivity index (χ4v) is 1.64. The molecule has 0 unspecified atom stereocenters. The first-order valence-corrected chi connectivity index (χ1v) is 4.52. The first kappa shape index (κ1) is 9.37. The van der Waals surface area contributed by atoms with Crippen LogP contribution >= 0.6 is 23.2 Å². The summed E-state index contributed by atoms with van der Waals surface area (Å²) in [5.74, 6) is -0.395. The third-order valence-electron chi connectivity index (χ3n) is 1.83. The highest BCUT2D eigenvalue weighted by Crippen LogP contribution is 2.36. The molecule has 2 aromatic rings. The van der Waals surface area contributed by atoms with Gasteiger partial charge in [0.2, 0.25) is 5.88 Å². The van der Waals surface area contributed by atoms with Crippen molar-refractivity contribution in [1.29, 1.82) is 0 Å². The number of nitrogens with zero attached hydrogens (tertiary/aromatic N) is 1. The summed E-state index contributed by atoms with van der Waals surface area (Å²) < 4.78 is 0. The molecule has 0 aliphatic carbocycles. The smallest absolute Gasteiger partial charge is 0.215 e. The normalized spacial score (nSPS) is 10.7. The SMILES string of the molecule is Oc1cc(O)c2c(Cl)c(Cl)ccc2n1. The van der Waals surface area contributed by atoms with E-state index in [0.29, 0.717) is 15.9 Å². The third kappa shape index (κ3) is 1.35. The second kappa shape index (κ2) is 3.19. The van der Waals surface area contributed by atoms with Crippen molar-refractivity contribution in [3.8, 4) is 11.6 Å². The molecule has 5 heteroatoms. The first-order valence-electron chi connectivity index (χ1n) is 3.76. The summed E-state index contributed by atoms with van der Waals surface area (Å²) in [4.78, 5) is 3.79. The number of fused-ring (bicyclic) bond motifs is 1. The lowest BCUT2D eigenvalue weighted by atomic mass is 10.2. The zero-order chi connectivity index (χ0) is 10.3. The van der Waals surface area contributed by atoms with E-state index < -0.39 is 0 Å². The molecule has 0 saturated carbocycles. The van der Waals surface area contributed by atoms with Crippen LogP contribution in [0.15, 0.2) is 18.2 Å². The van der Waals surface area contributed by atoms with Gasteiger partial charge < -0.3 is 10.2 Å². The van der Waals surface area contributed by atoms with Gasteiger partial charge in [0, 0.05) is 6.07 Å². The van der Waals surface area contributed by atoms with Crippen molar-refractivity contribution in [3.63, 3.8) is 0 Å². The maximum Gasteiger partial charge on any atom is 0.215 e. The molecule has 1 heterocycles. The van der Waals surface area contributed by atoms with E-state index in [1.54, 1.807) is 12.1 Å². The van der Waals surface area contributed by atoms with Gasteiger partial charge in [-0.15, -0.1) is 0 Å².